The molecule has 1 aliphatic heterocycles. The fourth-order valence-corrected chi connectivity index (χ4v) is 4.71. The van der Waals surface area contributed by atoms with Gasteiger partial charge >= 0.3 is 11.9 Å². The van der Waals surface area contributed by atoms with Crippen molar-refractivity contribution in [1.82, 2.24) is 4.90 Å². The minimum Gasteiger partial charge on any atom is -0.466 e. The third kappa shape index (κ3) is 8.58. The molecule has 0 unspecified atom stereocenters. The van der Waals surface area contributed by atoms with Gasteiger partial charge in [0.2, 0.25) is 0 Å². The Kier molecular flexibility index (Phi) is 9.95. The van der Waals surface area contributed by atoms with Crippen LogP contribution in [0.1, 0.15) is 32.6 Å². The summed E-state index contributed by atoms with van der Waals surface area (Å²) >= 11 is 0. The van der Waals surface area contributed by atoms with Crippen molar-refractivity contribution in [2.75, 3.05) is 38.3 Å². The lowest BCUT2D eigenvalue weighted by molar-refractivity contribution is -0.146. The third-order valence-corrected chi connectivity index (χ3v) is 5.69. The fraction of sp³-hybridized carbons (Fsp3) is 0.857. The van der Waals surface area contributed by atoms with Crippen LogP contribution in [0.3, 0.4) is 0 Å². The maximum atomic E-state index is 11.6. The van der Waals surface area contributed by atoms with E-state index in [-0.39, 0.29) is 11.9 Å². The van der Waals surface area contributed by atoms with Gasteiger partial charge in [-0.15, -0.1) is 0 Å². The molecule has 1 aliphatic rings. The number of ether oxygens (including phenoxy) is 2. The molecule has 122 valence electrons. The first-order chi connectivity index (χ1) is 10.1. The van der Waals surface area contributed by atoms with E-state index >= 15 is 0 Å². The van der Waals surface area contributed by atoms with Crippen LogP contribution in [0, 0.1) is 0 Å². The number of hydrogen-bond acceptors (Lipinski definition) is 7. The van der Waals surface area contributed by atoms with Gasteiger partial charge in [0.15, 0.2) is 0 Å². The van der Waals surface area contributed by atoms with Crippen LogP contribution in [0.2, 0.25) is 0 Å². The molecule has 0 spiro atoms. The van der Waals surface area contributed by atoms with Crippen molar-refractivity contribution < 1.29 is 19.1 Å². The lowest BCUT2D eigenvalue weighted by atomic mass is 10.3. The Morgan fingerprint density at radius 1 is 1.10 bits per heavy atom. The van der Waals surface area contributed by atoms with E-state index in [4.69, 9.17) is 9.47 Å². The molecular weight excluding hydrogens is 310 g/mol. The summed E-state index contributed by atoms with van der Waals surface area (Å²) < 4.78 is 10.1. The maximum absolute atomic E-state index is 11.6. The van der Waals surface area contributed by atoms with E-state index in [2.05, 4.69) is 11.9 Å². The molecule has 7 heteroatoms. The average Bonchev–Trinajstić information content (AvgIpc) is 2.99. The molecule has 0 aromatic heterocycles. The lowest BCUT2D eigenvalue weighted by Gasteiger charge is -2.22. The Morgan fingerprint density at radius 2 is 1.67 bits per heavy atom. The van der Waals surface area contributed by atoms with E-state index in [0.29, 0.717) is 38.5 Å². The highest BCUT2D eigenvalue weighted by Crippen LogP contribution is 2.32. The van der Waals surface area contributed by atoms with Crippen molar-refractivity contribution in [3.63, 3.8) is 0 Å². The Labute approximate surface area is 134 Å². The average molecular weight is 335 g/mol. The van der Waals surface area contributed by atoms with E-state index in [0.717, 1.165) is 24.5 Å². The Bertz CT molecular complexity index is 322. The highest BCUT2D eigenvalue weighted by atomic mass is 33.1. The number of rotatable bonds is 10. The minimum atomic E-state index is -0.183. The van der Waals surface area contributed by atoms with Gasteiger partial charge in [0, 0.05) is 36.9 Å². The summed E-state index contributed by atoms with van der Waals surface area (Å²) in [5.41, 5.74) is 0. The molecule has 1 saturated heterocycles. The van der Waals surface area contributed by atoms with Crippen LogP contribution < -0.4 is 0 Å². The smallest absolute Gasteiger partial charge is 0.307 e. The SMILES string of the molecule is CCCC(=O)OCCCOC(=O)CCN(C)C1CSSC1. The monoisotopic (exact) mass is 335 g/mol. The molecule has 1 rings (SSSR count). The largest absolute Gasteiger partial charge is 0.466 e. The van der Waals surface area contributed by atoms with Crippen molar-refractivity contribution in [3.8, 4) is 0 Å². The number of hydrogen-bond donors (Lipinski definition) is 0. The molecule has 0 amide bonds. The molecule has 0 aromatic carbocycles. The van der Waals surface area contributed by atoms with Gasteiger partial charge in [-0.2, -0.15) is 0 Å². The van der Waals surface area contributed by atoms with Crippen molar-refractivity contribution in [2.45, 2.75) is 38.6 Å². The lowest BCUT2D eigenvalue weighted by Crippen LogP contribution is -2.35. The first-order valence-electron chi connectivity index (χ1n) is 7.39. The Morgan fingerprint density at radius 3 is 2.24 bits per heavy atom. The Balaban J connectivity index is 1.97. The molecule has 0 N–H and O–H groups in total. The zero-order valence-electron chi connectivity index (χ0n) is 12.8. The molecule has 0 saturated carbocycles. The summed E-state index contributed by atoms with van der Waals surface area (Å²) in [6.45, 7) is 3.30. The van der Waals surface area contributed by atoms with Crippen LogP contribution in [-0.2, 0) is 19.1 Å². The second-order valence-corrected chi connectivity index (χ2v) is 7.55. The molecule has 1 heterocycles. The fourth-order valence-electron chi connectivity index (χ4n) is 1.79. The molecule has 21 heavy (non-hydrogen) atoms. The van der Waals surface area contributed by atoms with Gasteiger partial charge in [-0.3, -0.25) is 9.59 Å². The zero-order valence-corrected chi connectivity index (χ0v) is 14.5. The molecule has 0 bridgehead atoms. The second-order valence-electron chi connectivity index (χ2n) is 5.00. The number of carbonyl (C=O) groups excluding carboxylic acids is 2. The van der Waals surface area contributed by atoms with Gasteiger partial charge in [0.05, 0.1) is 19.6 Å². The molecule has 0 radical (unpaired) electrons. The number of carbonyl (C=O) groups is 2. The minimum absolute atomic E-state index is 0.181. The van der Waals surface area contributed by atoms with Crippen LogP contribution in [0.5, 0.6) is 0 Å². The molecule has 0 aromatic rings. The van der Waals surface area contributed by atoms with Gasteiger partial charge in [0.1, 0.15) is 0 Å². The standard InChI is InChI=1S/C14H25NO4S2/c1-3-5-13(16)18-8-4-9-19-14(17)6-7-15(2)12-10-20-21-11-12/h12H,3-11H2,1-2H3. The predicted octanol–water partition coefficient (Wildman–Crippen LogP) is 2.35. The van der Waals surface area contributed by atoms with E-state index < -0.39 is 0 Å². The van der Waals surface area contributed by atoms with Crippen LogP contribution in [0.4, 0.5) is 0 Å². The molecule has 0 atom stereocenters. The molecular formula is C14H25NO4S2. The third-order valence-electron chi connectivity index (χ3n) is 3.17. The van der Waals surface area contributed by atoms with Gasteiger partial charge in [0.25, 0.3) is 0 Å². The topological polar surface area (TPSA) is 55.8 Å². The molecule has 1 fully saturated rings. The van der Waals surface area contributed by atoms with Gasteiger partial charge in [-0.05, 0) is 13.5 Å². The van der Waals surface area contributed by atoms with Crippen LogP contribution in [-0.4, -0.2) is 61.2 Å². The first-order valence-corrected chi connectivity index (χ1v) is 9.88. The quantitative estimate of drug-likeness (QED) is 0.345. The van der Waals surface area contributed by atoms with E-state index in [1.165, 1.54) is 0 Å². The van der Waals surface area contributed by atoms with E-state index in [1.54, 1.807) is 0 Å². The normalized spacial score (nSPS) is 15.4. The van der Waals surface area contributed by atoms with Crippen LogP contribution in [0.15, 0.2) is 0 Å². The van der Waals surface area contributed by atoms with Crippen molar-refractivity contribution >= 4 is 33.5 Å². The summed E-state index contributed by atoms with van der Waals surface area (Å²) in [5, 5.41) is 0. The summed E-state index contributed by atoms with van der Waals surface area (Å²) in [6.07, 6.45) is 2.22. The van der Waals surface area contributed by atoms with Crippen molar-refractivity contribution in [1.29, 1.82) is 0 Å². The number of nitrogens with zero attached hydrogens (tertiary/aromatic N) is 1. The molecule has 0 aliphatic carbocycles. The number of esters is 2. The van der Waals surface area contributed by atoms with Gasteiger partial charge in [-0.25, -0.2) is 0 Å². The van der Waals surface area contributed by atoms with Crippen molar-refractivity contribution in [3.05, 3.63) is 0 Å². The van der Waals surface area contributed by atoms with Gasteiger partial charge in [-0.1, -0.05) is 28.5 Å². The summed E-state index contributed by atoms with van der Waals surface area (Å²) in [4.78, 5) is 24.9. The summed E-state index contributed by atoms with van der Waals surface area (Å²) in [7, 11) is 5.83. The Hall–Kier alpha value is -0.400. The predicted molar refractivity (Wildman–Crippen MR) is 87.4 cm³/mol. The van der Waals surface area contributed by atoms with Crippen LogP contribution >= 0.6 is 21.6 Å². The van der Waals surface area contributed by atoms with Gasteiger partial charge < -0.3 is 14.4 Å². The van der Waals surface area contributed by atoms with Crippen LogP contribution in [0.25, 0.3) is 0 Å². The highest BCUT2D eigenvalue weighted by molar-refractivity contribution is 8.77. The maximum Gasteiger partial charge on any atom is 0.307 e. The van der Waals surface area contributed by atoms with E-state index in [9.17, 15) is 9.59 Å². The van der Waals surface area contributed by atoms with E-state index in [1.807, 2.05) is 28.5 Å². The zero-order chi connectivity index (χ0) is 15.5. The summed E-state index contributed by atoms with van der Waals surface area (Å²) in [6, 6.07) is 0.561. The highest BCUT2D eigenvalue weighted by Gasteiger charge is 2.21. The summed E-state index contributed by atoms with van der Waals surface area (Å²) in [5.74, 6) is 1.89. The molecule has 5 nitrogen and oxygen atoms in total. The van der Waals surface area contributed by atoms with Crippen molar-refractivity contribution in [2.24, 2.45) is 0 Å². The first kappa shape index (κ1) is 18.6. The second kappa shape index (κ2) is 11.2.